The second-order valence-electron chi connectivity index (χ2n) is 8.45. The average molecular weight is 534 g/mol. The zero-order chi connectivity index (χ0) is 28.0. The molecule has 0 N–H and O–H groups in total. The van der Waals surface area contributed by atoms with E-state index in [0.717, 1.165) is 22.4 Å². The van der Waals surface area contributed by atoms with Gasteiger partial charge in [-0.15, -0.1) is 5.10 Å². The van der Waals surface area contributed by atoms with E-state index in [1.54, 1.807) is 42.5 Å². The van der Waals surface area contributed by atoms with Gasteiger partial charge in [0.15, 0.2) is 12.4 Å². The van der Waals surface area contributed by atoms with Crippen molar-refractivity contribution in [2.24, 2.45) is 0 Å². The number of nitriles is 1. The van der Waals surface area contributed by atoms with Gasteiger partial charge in [-0.05, 0) is 37.3 Å². The summed E-state index contributed by atoms with van der Waals surface area (Å²) >= 11 is 0. The second-order valence-corrected chi connectivity index (χ2v) is 8.45. The summed E-state index contributed by atoms with van der Waals surface area (Å²) in [6.45, 7) is 1.33. The topological polar surface area (TPSA) is 101 Å². The Labute approximate surface area is 221 Å². The molecule has 8 nitrogen and oxygen atoms in total. The van der Waals surface area contributed by atoms with Crippen LogP contribution in [0.15, 0.2) is 78.9 Å². The van der Waals surface area contributed by atoms with Crippen LogP contribution in [-0.2, 0) is 15.7 Å². The van der Waals surface area contributed by atoms with Gasteiger partial charge in [0.2, 0.25) is 0 Å². The van der Waals surface area contributed by atoms with Gasteiger partial charge in [0.1, 0.15) is 0 Å². The van der Waals surface area contributed by atoms with Crippen molar-refractivity contribution in [3.63, 3.8) is 0 Å². The van der Waals surface area contributed by atoms with E-state index < -0.39 is 36.0 Å². The lowest BCUT2D eigenvalue weighted by atomic mass is 10.2. The number of halogens is 3. The third-order valence-electron chi connectivity index (χ3n) is 5.66. The van der Waals surface area contributed by atoms with Crippen molar-refractivity contribution in [2.75, 3.05) is 18.1 Å². The fourth-order valence-corrected chi connectivity index (χ4v) is 3.72. The van der Waals surface area contributed by atoms with Gasteiger partial charge in [-0.3, -0.25) is 4.79 Å². The predicted molar refractivity (Wildman–Crippen MR) is 136 cm³/mol. The third kappa shape index (κ3) is 6.48. The number of nitrogens with zero attached hydrogens (tertiary/aromatic N) is 5. The van der Waals surface area contributed by atoms with Crippen LogP contribution in [0.1, 0.15) is 28.2 Å². The van der Waals surface area contributed by atoms with Gasteiger partial charge >= 0.3 is 12.1 Å². The van der Waals surface area contributed by atoms with E-state index in [4.69, 9.17) is 10.00 Å². The number of carbonyl (C=O) groups excluding carboxylic acids is 2. The van der Waals surface area contributed by atoms with Crippen LogP contribution >= 0.6 is 0 Å². The molecule has 0 radical (unpaired) electrons. The van der Waals surface area contributed by atoms with E-state index in [1.165, 1.54) is 17.0 Å². The number of aromatic nitrogens is 3. The summed E-state index contributed by atoms with van der Waals surface area (Å²) in [5, 5.41) is 13.1. The molecule has 4 aromatic rings. The highest BCUT2D eigenvalue weighted by atomic mass is 19.4. The second kappa shape index (κ2) is 11.6. The lowest BCUT2D eigenvalue weighted by Gasteiger charge is -2.21. The van der Waals surface area contributed by atoms with E-state index in [1.807, 2.05) is 25.1 Å². The van der Waals surface area contributed by atoms with E-state index in [0.29, 0.717) is 11.3 Å². The molecule has 0 aliphatic heterocycles. The molecule has 0 saturated carbocycles. The molecule has 1 amide bonds. The molecule has 1 aromatic heterocycles. The zero-order valence-electron chi connectivity index (χ0n) is 20.7. The van der Waals surface area contributed by atoms with Gasteiger partial charge in [0.25, 0.3) is 11.7 Å². The molecule has 0 fully saturated rings. The Balaban J connectivity index is 1.60. The van der Waals surface area contributed by atoms with Crippen molar-refractivity contribution < 1.29 is 27.5 Å². The summed E-state index contributed by atoms with van der Waals surface area (Å²) in [5.41, 5.74) is 1.16. The highest BCUT2D eigenvalue weighted by Crippen LogP contribution is 2.31. The fourth-order valence-electron chi connectivity index (χ4n) is 3.72. The number of amides is 1. The third-order valence-corrected chi connectivity index (χ3v) is 5.66. The summed E-state index contributed by atoms with van der Waals surface area (Å²) in [7, 11) is 0. The molecule has 198 valence electrons. The van der Waals surface area contributed by atoms with Crippen LogP contribution in [0, 0.1) is 18.3 Å². The molecule has 0 aliphatic carbocycles. The van der Waals surface area contributed by atoms with Crippen LogP contribution in [0.5, 0.6) is 0 Å². The number of aryl methyl sites for hydroxylation is 1. The summed E-state index contributed by atoms with van der Waals surface area (Å²) in [6, 6.07) is 22.0. The number of alkyl halides is 3. The first kappa shape index (κ1) is 27.1. The molecule has 0 unspecified atom stereocenters. The SMILES string of the molecule is Cc1ccc(N(CCC#N)C(=O)COC(=O)c2nc(-c3ccccc3)n(-c3cccc(C(F)(F)F)c3)n2)cc1. The molecule has 39 heavy (non-hydrogen) atoms. The smallest absolute Gasteiger partial charge is 0.416 e. The molecular formula is C28H22F3N5O3. The Kier molecular flexibility index (Phi) is 8.05. The quantitative estimate of drug-likeness (QED) is 0.283. The number of ether oxygens (including phenoxy) is 1. The maximum Gasteiger partial charge on any atom is 0.416 e. The van der Waals surface area contributed by atoms with Crippen molar-refractivity contribution >= 4 is 17.6 Å². The van der Waals surface area contributed by atoms with E-state index in [-0.39, 0.29) is 24.5 Å². The predicted octanol–water partition coefficient (Wildman–Crippen LogP) is 5.37. The Bertz CT molecular complexity index is 1510. The number of rotatable bonds is 8. The first-order valence-electron chi connectivity index (χ1n) is 11.8. The van der Waals surface area contributed by atoms with Gasteiger partial charge in [0, 0.05) is 17.8 Å². The molecule has 0 aliphatic rings. The molecule has 0 spiro atoms. The van der Waals surface area contributed by atoms with Crippen LogP contribution in [-0.4, -0.2) is 39.8 Å². The average Bonchev–Trinajstić information content (AvgIpc) is 3.39. The Morgan fingerprint density at radius 1 is 1.03 bits per heavy atom. The maximum absolute atomic E-state index is 13.3. The van der Waals surface area contributed by atoms with E-state index in [2.05, 4.69) is 10.1 Å². The maximum atomic E-state index is 13.3. The van der Waals surface area contributed by atoms with E-state index in [9.17, 15) is 22.8 Å². The van der Waals surface area contributed by atoms with Gasteiger partial charge in [0.05, 0.1) is 23.7 Å². The normalized spacial score (nSPS) is 11.1. The molecule has 0 bridgehead atoms. The van der Waals surface area contributed by atoms with E-state index >= 15 is 0 Å². The molecular weight excluding hydrogens is 511 g/mol. The first-order valence-corrected chi connectivity index (χ1v) is 11.8. The molecule has 3 aromatic carbocycles. The Morgan fingerprint density at radius 2 is 1.74 bits per heavy atom. The summed E-state index contributed by atoms with van der Waals surface area (Å²) in [6.07, 6.45) is -4.52. The summed E-state index contributed by atoms with van der Waals surface area (Å²) in [4.78, 5) is 31.3. The zero-order valence-corrected chi connectivity index (χ0v) is 20.7. The minimum atomic E-state index is -4.58. The van der Waals surface area contributed by atoms with Gasteiger partial charge in [-0.25, -0.2) is 14.5 Å². The minimum absolute atomic E-state index is 0.0355. The van der Waals surface area contributed by atoms with Crippen molar-refractivity contribution in [3.8, 4) is 23.1 Å². The van der Waals surface area contributed by atoms with Gasteiger partial charge < -0.3 is 9.64 Å². The molecule has 11 heteroatoms. The van der Waals surface area contributed by atoms with Crippen molar-refractivity contribution in [2.45, 2.75) is 19.5 Å². The van der Waals surface area contributed by atoms with Crippen molar-refractivity contribution in [1.82, 2.24) is 14.8 Å². The summed E-state index contributed by atoms with van der Waals surface area (Å²) < 4.78 is 46.3. The number of hydrogen-bond acceptors (Lipinski definition) is 6. The van der Waals surface area contributed by atoms with Crippen LogP contribution < -0.4 is 4.90 Å². The van der Waals surface area contributed by atoms with Gasteiger partial charge in [-0.1, -0.05) is 54.1 Å². The lowest BCUT2D eigenvalue weighted by molar-refractivity contribution is -0.137. The lowest BCUT2D eigenvalue weighted by Crippen LogP contribution is -2.35. The van der Waals surface area contributed by atoms with Crippen molar-refractivity contribution in [3.05, 3.63) is 95.8 Å². The van der Waals surface area contributed by atoms with Crippen molar-refractivity contribution in [1.29, 1.82) is 5.26 Å². The van der Waals surface area contributed by atoms with Crippen LogP contribution in [0.3, 0.4) is 0 Å². The Morgan fingerprint density at radius 3 is 2.41 bits per heavy atom. The van der Waals surface area contributed by atoms with Crippen LogP contribution in [0.4, 0.5) is 18.9 Å². The molecule has 1 heterocycles. The monoisotopic (exact) mass is 533 g/mol. The summed E-state index contributed by atoms with van der Waals surface area (Å²) in [5.74, 6) is -1.92. The highest BCUT2D eigenvalue weighted by molar-refractivity contribution is 5.96. The minimum Gasteiger partial charge on any atom is -0.450 e. The van der Waals surface area contributed by atoms with Crippen LogP contribution in [0.2, 0.25) is 0 Å². The fraction of sp³-hybridized carbons (Fsp3) is 0.179. The molecule has 0 saturated heterocycles. The number of carbonyl (C=O) groups is 2. The first-order chi connectivity index (χ1) is 18.7. The molecule has 0 atom stereocenters. The largest absolute Gasteiger partial charge is 0.450 e. The number of benzene rings is 3. The number of anilines is 1. The Hall–Kier alpha value is -4.98. The molecule has 4 rings (SSSR count). The highest BCUT2D eigenvalue weighted by Gasteiger charge is 2.31. The van der Waals surface area contributed by atoms with Crippen LogP contribution in [0.25, 0.3) is 17.1 Å². The number of hydrogen-bond donors (Lipinski definition) is 0. The standard InChI is InChI=1S/C28H22F3N5O3/c1-19-11-13-22(14-12-19)35(16-6-15-32)24(37)18-39-27(38)25-33-26(20-7-3-2-4-8-20)36(34-25)23-10-5-9-21(17-23)28(29,30)31/h2-5,7-14,17H,6,16,18H2,1H3. The number of esters is 1. The van der Waals surface area contributed by atoms with Gasteiger partial charge in [-0.2, -0.15) is 18.4 Å².